The Morgan fingerprint density at radius 1 is 1.38 bits per heavy atom. The van der Waals surface area contributed by atoms with Crippen molar-refractivity contribution in [2.75, 3.05) is 5.73 Å². The zero-order chi connectivity index (χ0) is 9.10. The lowest BCUT2D eigenvalue weighted by atomic mass is 10.3. The van der Waals surface area contributed by atoms with Gasteiger partial charge in [-0.25, -0.2) is 9.97 Å². The van der Waals surface area contributed by atoms with Crippen LogP contribution in [0.15, 0.2) is 22.5 Å². The fraction of sp³-hybridized carbons (Fsp3) is 0. The minimum atomic E-state index is 0.569. The van der Waals surface area contributed by atoms with Crippen LogP contribution >= 0.6 is 11.3 Å². The largest absolute Gasteiger partial charge is 0.451 e. The Morgan fingerprint density at radius 3 is 2.85 bits per heavy atom. The fourth-order valence-electron chi connectivity index (χ4n) is 0.852. The van der Waals surface area contributed by atoms with Crippen molar-refractivity contribution < 1.29 is 4.42 Å². The first-order valence-corrected chi connectivity index (χ1v) is 4.50. The van der Waals surface area contributed by atoms with Gasteiger partial charge in [-0.2, -0.15) is 0 Å². The van der Waals surface area contributed by atoms with Gasteiger partial charge in [0.25, 0.3) is 0 Å². The van der Waals surface area contributed by atoms with Crippen LogP contribution < -0.4 is 5.73 Å². The Balaban J connectivity index is 2.14. The number of oxazole rings is 1. The number of hydrogen-bond donors (Lipinski definition) is 1. The van der Waals surface area contributed by atoms with Gasteiger partial charge in [-0.1, -0.05) is 0 Å². The molecule has 13 heavy (non-hydrogen) atoms. The Morgan fingerprint density at radius 2 is 2.23 bits per heavy atom. The van der Waals surface area contributed by atoms with E-state index >= 15 is 0 Å². The summed E-state index contributed by atoms with van der Waals surface area (Å²) in [5.41, 5.74) is 7.08. The molecule has 0 amide bonds. The molecule has 0 radical (unpaired) electrons. The summed E-state index contributed by atoms with van der Waals surface area (Å²) in [5, 5.41) is 2.45. The van der Waals surface area contributed by atoms with Gasteiger partial charge in [0.2, 0.25) is 0 Å². The van der Waals surface area contributed by atoms with Gasteiger partial charge in [0.1, 0.15) is 12.0 Å². The van der Waals surface area contributed by atoms with Crippen molar-refractivity contribution in [3.05, 3.63) is 29.4 Å². The third kappa shape index (κ3) is 1.94. The SMILES string of the molecule is Nc1nc(/C=C/c2cocn2)cs1. The molecule has 0 saturated heterocycles. The number of rotatable bonds is 2. The molecule has 5 heteroatoms. The smallest absolute Gasteiger partial charge is 0.181 e. The molecule has 0 saturated carbocycles. The van der Waals surface area contributed by atoms with Crippen molar-refractivity contribution in [1.82, 2.24) is 9.97 Å². The van der Waals surface area contributed by atoms with E-state index in [1.165, 1.54) is 17.7 Å². The van der Waals surface area contributed by atoms with Gasteiger partial charge in [-0.15, -0.1) is 11.3 Å². The van der Waals surface area contributed by atoms with Gasteiger partial charge in [0, 0.05) is 5.38 Å². The number of hydrogen-bond acceptors (Lipinski definition) is 5. The maximum Gasteiger partial charge on any atom is 0.181 e. The van der Waals surface area contributed by atoms with Gasteiger partial charge in [0.15, 0.2) is 11.5 Å². The molecule has 2 aromatic heterocycles. The van der Waals surface area contributed by atoms with Crippen LogP contribution in [0.25, 0.3) is 12.2 Å². The summed E-state index contributed by atoms with van der Waals surface area (Å²) >= 11 is 1.41. The van der Waals surface area contributed by atoms with Crippen LogP contribution in [0.5, 0.6) is 0 Å². The van der Waals surface area contributed by atoms with E-state index in [4.69, 9.17) is 10.2 Å². The lowest BCUT2D eigenvalue weighted by molar-refractivity contribution is 0.557. The Kier molecular flexibility index (Phi) is 2.09. The van der Waals surface area contributed by atoms with Crippen LogP contribution in [-0.4, -0.2) is 9.97 Å². The average molecular weight is 193 g/mol. The van der Waals surface area contributed by atoms with Gasteiger partial charge < -0.3 is 10.2 Å². The third-order valence-electron chi connectivity index (χ3n) is 1.42. The Hall–Kier alpha value is -1.62. The third-order valence-corrected chi connectivity index (χ3v) is 2.11. The number of nitrogens with zero attached hydrogens (tertiary/aromatic N) is 2. The molecule has 0 aromatic carbocycles. The van der Waals surface area contributed by atoms with Crippen molar-refractivity contribution in [3.63, 3.8) is 0 Å². The molecule has 0 aliphatic carbocycles. The van der Waals surface area contributed by atoms with E-state index in [9.17, 15) is 0 Å². The zero-order valence-corrected chi connectivity index (χ0v) is 7.49. The maximum atomic E-state index is 5.47. The predicted octanol–water partition coefficient (Wildman–Crippen LogP) is 1.88. The van der Waals surface area contributed by atoms with Crippen LogP contribution in [0.1, 0.15) is 11.4 Å². The van der Waals surface area contributed by atoms with E-state index in [2.05, 4.69) is 9.97 Å². The molecule has 4 nitrogen and oxygen atoms in total. The highest BCUT2D eigenvalue weighted by Crippen LogP contribution is 2.13. The number of aromatic nitrogens is 2. The van der Waals surface area contributed by atoms with E-state index in [0.717, 1.165) is 11.4 Å². The molecule has 2 rings (SSSR count). The monoisotopic (exact) mass is 193 g/mol. The van der Waals surface area contributed by atoms with Crippen LogP contribution in [0.3, 0.4) is 0 Å². The Labute approximate surface area is 78.7 Å². The minimum Gasteiger partial charge on any atom is -0.451 e. The number of nitrogens with two attached hydrogens (primary N) is 1. The van der Waals surface area contributed by atoms with E-state index in [1.54, 1.807) is 6.26 Å². The highest BCUT2D eigenvalue weighted by molar-refractivity contribution is 7.13. The fourth-order valence-corrected chi connectivity index (χ4v) is 1.38. The highest BCUT2D eigenvalue weighted by Gasteiger charge is 1.94. The minimum absolute atomic E-state index is 0.569. The molecule has 0 fully saturated rings. The standard InChI is InChI=1S/C8H7N3OS/c9-8-11-7(4-13-8)2-1-6-3-12-5-10-6/h1-5H,(H2,9,11)/b2-1+. The summed E-state index contributed by atoms with van der Waals surface area (Å²) in [6, 6.07) is 0. The van der Waals surface area contributed by atoms with Crippen molar-refractivity contribution in [3.8, 4) is 0 Å². The first-order valence-electron chi connectivity index (χ1n) is 3.62. The summed E-state index contributed by atoms with van der Waals surface area (Å²) in [7, 11) is 0. The first-order chi connectivity index (χ1) is 6.34. The normalized spacial score (nSPS) is 11.1. The van der Waals surface area contributed by atoms with E-state index < -0.39 is 0 Å². The predicted molar refractivity (Wildman–Crippen MR) is 52.0 cm³/mol. The van der Waals surface area contributed by atoms with E-state index in [-0.39, 0.29) is 0 Å². The van der Waals surface area contributed by atoms with Gasteiger partial charge >= 0.3 is 0 Å². The molecule has 2 heterocycles. The van der Waals surface area contributed by atoms with Gasteiger partial charge in [-0.3, -0.25) is 0 Å². The van der Waals surface area contributed by atoms with Crippen LogP contribution in [0, 0.1) is 0 Å². The lowest BCUT2D eigenvalue weighted by Gasteiger charge is -1.80. The Bertz CT molecular complexity index is 405. The second-order valence-corrected chi connectivity index (χ2v) is 3.25. The second-order valence-electron chi connectivity index (χ2n) is 2.36. The first kappa shape index (κ1) is 8.00. The van der Waals surface area contributed by atoms with Crippen molar-refractivity contribution in [1.29, 1.82) is 0 Å². The molecule has 66 valence electrons. The lowest BCUT2D eigenvalue weighted by Crippen LogP contribution is -1.80. The number of nitrogen functional groups attached to an aromatic ring is 1. The zero-order valence-electron chi connectivity index (χ0n) is 6.68. The quantitative estimate of drug-likeness (QED) is 0.790. The number of anilines is 1. The number of thiazole rings is 1. The summed E-state index contributed by atoms with van der Waals surface area (Å²) < 4.78 is 4.80. The van der Waals surface area contributed by atoms with E-state index in [0.29, 0.717) is 5.13 Å². The molecule has 0 aliphatic rings. The molecule has 2 N–H and O–H groups in total. The van der Waals surface area contributed by atoms with Crippen LogP contribution in [0.2, 0.25) is 0 Å². The van der Waals surface area contributed by atoms with Crippen molar-refractivity contribution in [2.45, 2.75) is 0 Å². The molecule has 0 spiro atoms. The molecular weight excluding hydrogens is 186 g/mol. The van der Waals surface area contributed by atoms with E-state index in [1.807, 2.05) is 17.5 Å². The molecule has 0 atom stereocenters. The second kappa shape index (κ2) is 3.40. The molecule has 0 bridgehead atoms. The average Bonchev–Trinajstić information content (AvgIpc) is 2.71. The van der Waals surface area contributed by atoms with Gasteiger partial charge in [0.05, 0.1) is 5.69 Å². The molecular formula is C8H7N3OS. The molecule has 2 aromatic rings. The molecule has 0 aliphatic heterocycles. The summed E-state index contributed by atoms with van der Waals surface area (Å²) in [4.78, 5) is 7.99. The van der Waals surface area contributed by atoms with Crippen molar-refractivity contribution >= 4 is 28.6 Å². The topological polar surface area (TPSA) is 64.9 Å². The molecule has 0 unspecified atom stereocenters. The highest BCUT2D eigenvalue weighted by atomic mass is 32.1. The summed E-state index contributed by atoms with van der Waals surface area (Å²) in [6.45, 7) is 0. The van der Waals surface area contributed by atoms with Gasteiger partial charge in [-0.05, 0) is 12.2 Å². The maximum absolute atomic E-state index is 5.47. The van der Waals surface area contributed by atoms with Crippen molar-refractivity contribution in [2.24, 2.45) is 0 Å². The van der Waals surface area contributed by atoms with Crippen LogP contribution in [-0.2, 0) is 0 Å². The van der Waals surface area contributed by atoms with Crippen LogP contribution in [0.4, 0.5) is 5.13 Å². The summed E-state index contributed by atoms with van der Waals surface area (Å²) in [5.74, 6) is 0. The summed E-state index contributed by atoms with van der Waals surface area (Å²) in [6.07, 6.45) is 6.60.